The maximum Gasteiger partial charge on any atom is 0.335 e. The summed E-state index contributed by atoms with van der Waals surface area (Å²) >= 11 is 0. The number of carbonyl (C=O) groups is 1. The largest absolute Gasteiger partial charge is 0.490 e. The van der Waals surface area contributed by atoms with Crippen molar-refractivity contribution in [2.45, 2.75) is 38.5 Å². The second kappa shape index (κ2) is 7.29. The Kier molecular flexibility index (Phi) is 4.93. The number of carboxylic acid groups (broad SMARTS) is 1. The summed E-state index contributed by atoms with van der Waals surface area (Å²) in [5, 5.41) is 12.4. The van der Waals surface area contributed by atoms with E-state index in [0.29, 0.717) is 24.8 Å². The Bertz CT molecular complexity index is 680. The van der Waals surface area contributed by atoms with Gasteiger partial charge in [0.15, 0.2) is 0 Å². The number of hydrogen-bond donors (Lipinski definition) is 2. The highest BCUT2D eigenvalue weighted by molar-refractivity contribution is 5.87. The molecular weight excluding hydrogens is 290 g/mol. The normalized spacial score (nSPS) is 14.3. The van der Waals surface area contributed by atoms with Gasteiger partial charge in [0.05, 0.1) is 11.7 Å². The molecule has 4 nitrogen and oxygen atoms in total. The van der Waals surface area contributed by atoms with Gasteiger partial charge in [0.2, 0.25) is 0 Å². The number of para-hydroxylation sites is 1. The number of benzene rings is 2. The third kappa shape index (κ3) is 4.11. The fourth-order valence-electron chi connectivity index (χ4n) is 2.59. The van der Waals surface area contributed by atoms with Gasteiger partial charge in [0.1, 0.15) is 5.75 Å². The van der Waals surface area contributed by atoms with Gasteiger partial charge in [-0.3, -0.25) is 0 Å². The van der Waals surface area contributed by atoms with E-state index in [4.69, 9.17) is 9.84 Å². The minimum Gasteiger partial charge on any atom is -0.490 e. The molecule has 1 fully saturated rings. The van der Waals surface area contributed by atoms with E-state index in [0.717, 1.165) is 29.7 Å². The fourth-order valence-corrected chi connectivity index (χ4v) is 2.59. The van der Waals surface area contributed by atoms with E-state index in [2.05, 4.69) is 11.4 Å². The topological polar surface area (TPSA) is 58.6 Å². The molecule has 0 aliphatic heterocycles. The summed E-state index contributed by atoms with van der Waals surface area (Å²) in [6.45, 7) is 1.32. The van der Waals surface area contributed by atoms with Crippen LogP contribution in [0.15, 0.2) is 48.5 Å². The maximum absolute atomic E-state index is 11.0. The van der Waals surface area contributed by atoms with E-state index >= 15 is 0 Å². The van der Waals surface area contributed by atoms with Crippen molar-refractivity contribution < 1.29 is 14.6 Å². The number of nitrogens with one attached hydrogen (secondary N) is 1. The predicted molar refractivity (Wildman–Crippen MR) is 88.7 cm³/mol. The number of rotatable bonds is 7. The molecule has 120 valence electrons. The molecule has 2 aromatic carbocycles. The molecule has 0 atom stereocenters. The van der Waals surface area contributed by atoms with E-state index in [-0.39, 0.29) is 0 Å². The average Bonchev–Trinajstić information content (AvgIpc) is 2.52. The lowest BCUT2D eigenvalue weighted by Gasteiger charge is -2.27. The fraction of sp³-hybridized carbons (Fsp3) is 0.316. The zero-order valence-electron chi connectivity index (χ0n) is 13.0. The standard InChI is InChI=1S/C19H21NO3/c21-19(22)15-7-3-5-14(11-15)12-20-13-16-6-1-2-10-18(16)23-17-8-4-9-17/h1-3,5-7,10-11,17,20H,4,8-9,12-13H2,(H,21,22). The van der Waals surface area contributed by atoms with Gasteiger partial charge in [-0.25, -0.2) is 4.79 Å². The van der Waals surface area contributed by atoms with Gasteiger partial charge in [0.25, 0.3) is 0 Å². The summed E-state index contributed by atoms with van der Waals surface area (Å²) in [6.07, 6.45) is 3.90. The molecule has 0 spiro atoms. The summed E-state index contributed by atoms with van der Waals surface area (Å²) in [5.74, 6) is 0.0510. The van der Waals surface area contributed by atoms with Crippen LogP contribution in [-0.2, 0) is 13.1 Å². The Morgan fingerprint density at radius 2 is 1.96 bits per heavy atom. The Morgan fingerprint density at radius 1 is 1.13 bits per heavy atom. The van der Waals surface area contributed by atoms with Crippen LogP contribution in [0.4, 0.5) is 0 Å². The molecule has 2 N–H and O–H groups in total. The van der Waals surface area contributed by atoms with Crippen molar-refractivity contribution in [2.24, 2.45) is 0 Å². The van der Waals surface area contributed by atoms with Crippen LogP contribution >= 0.6 is 0 Å². The van der Waals surface area contributed by atoms with Gasteiger partial charge in [-0.1, -0.05) is 30.3 Å². The Morgan fingerprint density at radius 3 is 2.70 bits per heavy atom. The van der Waals surface area contributed by atoms with Crippen LogP contribution in [0.3, 0.4) is 0 Å². The summed E-state index contributed by atoms with van der Waals surface area (Å²) in [5.41, 5.74) is 2.41. The molecule has 1 aliphatic carbocycles. The third-order valence-electron chi connectivity index (χ3n) is 4.14. The van der Waals surface area contributed by atoms with Crippen LogP contribution < -0.4 is 10.1 Å². The minimum absolute atomic E-state index is 0.318. The molecule has 0 unspecified atom stereocenters. The van der Waals surface area contributed by atoms with Crippen molar-refractivity contribution in [3.8, 4) is 5.75 Å². The van der Waals surface area contributed by atoms with Crippen molar-refractivity contribution in [3.63, 3.8) is 0 Å². The molecule has 0 saturated heterocycles. The van der Waals surface area contributed by atoms with Gasteiger partial charge in [0, 0.05) is 18.7 Å². The highest BCUT2D eigenvalue weighted by Gasteiger charge is 2.19. The number of ether oxygens (including phenoxy) is 1. The smallest absolute Gasteiger partial charge is 0.335 e. The zero-order valence-corrected chi connectivity index (χ0v) is 13.0. The zero-order chi connectivity index (χ0) is 16.1. The number of aromatic carboxylic acids is 1. The Labute approximate surface area is 136 Å². The summed E-state index contributed by atoms with van der Waals surface area (Å²) in [4.78, 5) is 11.0. The first-order chi connectivity index (χ1) is 11.2. The van der Waals surface area contributed by atoms with Crippen LogP contribution in [0, 0.1) is 0 Å². The SMILES string of the molecule is O=C(O)c1cccc(CNCc2ccccc2OC2CCC2)c1. The summed E-state index contributed by atoms with van der Waals surface area (Å²) < 4.78 is 6.02. The number of hydrogen-bond acceptors (Lipinski definition) is 3. The first-order valence-corrected chi connectivity index (χ1v) is 8.00. The van der Waals surface area contributed by atoms with Crippen molar-refractivity contribution in [2.75, 3.05) is 0 Å². The van der Waals surface area contributed by atoms with Crippen LogP contribution in [-0.4, -0.2) is 17.2 Å². The average molecular weight is 311 g/mol. The highest BCUT2D eigenvalue weighted by Crippen LogP contribution is 2.27. The highest BCUT2D eigenvalue weighted by atomic mass is 16.5. The first-order valence-electron chi connectivity index (χ1n) is 8.00. The molecule has 0 bridgehead atoms. The Balaban J connectivity index is 1.58. The molecule has 23 heavy (non-hydrogen) atoms. The molecule has 0 radical (unpaired) electrons. The van der Waals surface area contributed by atoms with Crippen molar-refractivity contribution in [3.05, 3.63) is 65.2 Å². The maximum atomic E-state index is 11.0. The quantitative estimate of drug-likeness (QED) is 0.820. The van der Waals surface area contributed by atoms with Gasteiger partial charge in [-0.15, -0.1) is 0 Å². The van der Waals surface area contributed by atoms with Gasteiger partial charge in [-0.05, 0) is 43.0 Å². The lowest BCUT2D eigenvalue weighted by molar-refractivity contribution is 0.0696. The van der Waals surface area contributed by atoms with Crippen LogP contribution in [0.1, 0.15) is 40.7 Å². The second-order valence-corrected chi connectivity index (χ2v) is 5.89. The van der Waals surface area contributed by atoms with Crippen molar-refractivity contribution in [1.29, 1.82) is 0 Å². The number of carboxylic acids is 1. The van der Waals surface area contributed by atoms with Crippen molar-refractivity contribution >= 4 is 5.97 Å². The van der Waals surface area contributed by atoms with E-state index in [1.807, 2.05) is 24.3 Å². The monoisotopic (exact) mass is 311 g/mol. The molecular formula is C19H21NO3. The van der Waals surface area contributed by atoms with Crippen LogP contribution in [0.2, 0.25) is 0 Å². The molecule has 1 aliphatic rings. The summed E-state index contributed by atoms with van der Waals surface area (Å²) in [7, 11) is 0. The van der Waals surface area contributed by atoms with Gasteiger partial charge >= 0.3 is 5.97 Å². The van der Waals surface area contributed by atoms with E-state index < -0.39 is 5.97 Å². The predicted octanol–water partition coefficient (Wildman–Crippen LogP) is 3.61. The minimum atomic E-state index is -0.897. The molecule has 4 heteroatoms. The van der Waals surface area contributed by atoms with E-state index in [9.17, 15) is 4.79 Å². The molecule has 2 aromatic rings. The second-order valence-electron chi connectivity index (χ2n) is 5.89. The Hall–Kier alpha value is -2.33. The van der Waals surface area contributed by atoms with Crippen molar-refractivity contribution in [1.82, 2.24) is 5.32 Å². The first kappa shape index (κ1) is 15.6. The van der Waals surface area contributed by atoms with Gasteiger partial charge < -0.3 is 15.2 Å². The molecule has 0 amide bonds. The molecule has 1 saturated carbocycles. The third-order valence-corrected chi connectivity index (χ3v) is 4.14. The lowest BCUT2D eigenvalue weighted by atomic mass is 9.96. The van der Waals surface area contributed by atoms with E-state index in [1.165, 1.54) is 6.42 Å². The molecule has 3 rings (SSSR count). The van der Waals surface area contributed by atoms with Crippen LogP contribution in [0.25, 0.3) is 0 Å². The van der Waals surface area contributed by atoms with Crippen LogP contribution in [0.5, 0.6) is 5.75 Å². The lowest BCUT2D eigenvalue weighted by Crippen LogP contribution is -2.25. The summed E-state index contributed by atoms with van der Waals surface area (Å²) in [6, 6.07) is 15.1. The molecule has 0 aromatic heterocycles. The molecule has 0 heterocycles. The van der Waals surface area contributed by atoms with E-state index in [1.54, 1.807) is 18.2 Å². The van der Waals surface area contributed by atoms with Gasteiger partial charge in [-0.2, -0.15) is 0 Å².